The molecule has 0 saturated carbocycles. The van der Waals surface area contributed by atoms with Crippen LogP contribution in [0.5, 0.6) is 0 Å². The molecule has 0 bridgehead atoms. The molecule has 0 aliphatic rings. The monoisotopic (exact) mass is 264 g/mol. The Bertz CT molecular complexity index is 352. The number of halogens is 3. The van der Waals surface area contributed by atoms with E-state index in [0.29, 0.717) is 6.42 Å². The summed E-state index contributed by atoms with van der Waals surface area (Å²) in [4.78, 5) is 0. The van der Waals surface area contributed by atoms with Crippen LogP contribution in [-0.2, 0) is 0 Å². The lowest BCUT2D eigenvalue weighted by molar-refractivity contribution is -0.0328. The molecule has 1 atom stereocenters. The molecule has 0 saturated heterocycles. The normalized spacial score (nSPS) is 13.7. The molecule has 1 rings (SSSR count). The van der Waals surface area contributed by atoms with Crippen molar-refractivity contribution in [3.05, 3.63) is 35.4 Å². The molecular weight excluding hydrogens is 249 g/mol. The fraction of sp³-hybridized carbons (Fsp3) is 0.500. The van der Waals surface area contributed by atoms with Gasteiger partial charge >= 0.3 is 5.51 Å². The van der Waals surface area contributed by atoms with Crippen LogP contribution < -0.4 is 0 Å². The smallest absolute Gasteiger partial charge is 0.396 e. The number of aliphatic hydroxyl groups excluding tert-OH is 1. The number of aryl methyl sites for hydroxylation is 1. The fourth-order valence-electron chi connectivity index (χ4n) is 1.60. The molecule has 0 aliphatic carbocycles. The van der Waals surface area contributed by atoms with Crippen LogP contribution in [0, 0.1) is 6.92 Å². The number of alkyl halides is 3. The van der Waals surface area contributed by atoms with E-state index < -0.39 is 5.51 Å². The maximum absolute atomic E-state index is 12.0. The van der Waals surface area contributed by atoms with Crippen LogP contribution in [0.25, 0.3) is 0 Å². The highest BCUT2D eigenvalue weighted by Gasteiger charge is 2.28. The molecule has 1 aromatic rings. The van der Waals surface area contributed by atoms with E-state index in [1.54, 1.807) is 0 Å². The lowest BCUT2D eigenvalue weighted by Crippen LogP contribution is -2.08. The Morgan fingerprint density at radius 3 is 2.59 bits per heavy atom. The second-order valence-electron chi connectivity index (χ2n) is 3.88. The number of rotatable bonds is 5. The standard InChI is InChI=1S/C12H15F3OS/c1-9-3-2-4-10(7-9)11(8-16)5-6-17-12(13,14)15/h2-4,7,11,16H,5-6,8H2,1H3. The van der Waals surface area contributed by atoms with Gasteiger partial charge < -0.3 is 5.11 Å². The largest absolute Gasteiger partial charge is 0.441 e. The first-order chi connectivity index (χ1) is 7.92. The first-order valence-corrected chi connectivity index (χ1v) is 6.29. The van der Waals surface area contributed by atoms with E-state index in [1.165, 1.54) is 0 Å². The lowest BCUT2D eigenvalue weighted by atomic mass is 9.96. The topological polar surface area (TPSA) is 20.2 Å². The van der Waals surface area contributed by atoms with Gasteiger partial charge in [-0.05, 0) is 18.9 Å². The highest BCUT2D eigenvalue weighted by atomic mass is 32.2. The van der Waals surface area contributed by atoms with Crippen molar-refractivity contribution in [1.29, 1.82) is 0 Å². The van der Waals surface area contributed by atoms with Crippen molar-refractivity contribution in [2.24, 2.45) is 0 Å². The van der Waals surface area contributed by atoms with Crippen LogP contribution in [0.4, 0.5) is 13.2 Å². The van der Waals surface area contributed by atoms with Gasteiger partial charge in [-0.2, -0.15) is 13.2 Å². The summed E-state index contributed by atoms with van der Waals surface area (Å²) in [7, 11) is 0. The third-order valence-electron chi connectivity index (χ3n) is 2.47. The summed E-state index contributed by atoms with van der Waals surface area (Å²) < 4.78 is 35.9. The predicted octanol–water partition coefficient (Wildman–Crippen LogP) is 3.71. The molecule has 0 radical (unpaired) electrons. The summed E-state index contributed by atoms with van der Waals surface area (Å²) in [6, 6.07) is 7.51. The van der Waals surface area contributed by atoms with Gasteiger partial charge in [0, 0.05) is 18.3 Å². The van der Waals surface area contributed by atoms with Gasteiger partial charge in [-0.3, -0.25) is 0 Å². The maximum Gasteiger partial charge on any atom is 0.441 e. The van der Waals surface area contributed by atoms with Crippen LogP contribution in [0.15, 0.2) is 24.3 Å². The first kappa shape index (κ1) is 14.4. The van der Waals surface area contributed by atoms with Crippen molar-refractivity contribution in [3.63, 3.8) is 0 Å². The van der Waals surface area contributed by atoms with E-state index in [4.69, 9.17) is 0 Å². The summed E-state index contributed by atoms with van der Waals surface area (Å²) >= 11 is -0.0350. The molecule has 1 nitrogen and oxygen atoms in total. The molecular formula is C12H15F3OS. The Hall–Kier alpha value is -0.680. The van der Waals surface area contributed by atoms with Crippen molar-refractivity contribution in [2.45, 2.75) is 24.8 Å². The average Bonchev–Trinajstić information content (AvgIpc) is 2.23. The van der Waals surface area contributed by atoms with E-state index in [-0.39, 0.29) is 30.0 Å². The van der Waals surface area contributed by atoms with E-state index in [1.807, 2.05) is 31.2 Å². The Kier molecular flexibility index (Phi) is 5.33. The van der Waals surface area contributed by atoms with Gasteiger partial charge in [0.15, 0.2) is 0 Å². The lowest BCUT2D eigenvalue weighted by Gasteiger charge is -2.15. The molecule has 5 heteroatoms. The summed E-state index contributed by atoms with van der Waals surface area (Å²) in [5.74, 6) is -0.243. The minimum absolute atomic E-state index is 0.0251. The molecule has 0 fully saturated rings. The van der Waals surface area contributed by atoms with Gasteiger partial charge in [0.1, 0.15) is 0 Å². The zero-order valence-corrected chi connectivity index (χ0v) is 10.3. The SMILES string of the molecule is Cc1cccc(C(CO)CCSC(F)(F)F)c1. The van der Waals surface area contributed by atoms with E-state index in [2.05, 4.69) is 0 Å². The van der Waals surface area contributed by atoms with E-state index in [9.17, 15) is 18.3 Å². The van der Waals surface area contributed by atoms with Crippen LogP contribution in [0.1, 0.15) is 23.5 Å². The van der Waals surface area contributed by atoms with Crippen LogP contribution in [-0.4, -0.2) is 23.0 Å². The minimum atomic E-state index is -4.19. The number of thioether (sulfide) groups is 1. The van der Waals surface area contributed by atoms with Gasteiger partial charge in [-0.25, -0.2) is 0 Å². The third kappa shape index (κ3) is 5.46. The molecule has 1 N–H and O–H groups in total. The van der Waals surface area contributed by atoms with Crippen molar-refractivity contribution in [3.8, 4) is 0 Å². The van der Waals surface area contributed by atoms with E-state index >= 15 is 0 Å². The van der Waals surface area contributed by atoms with Crippen molar-refractivity contribution in [2.75, 3.05) is 12.4 Å². The van der Waals surface area contributed by atoms with E-state index in [0.717, 1.165) is 11.1 Å². The zero-order chi connectivity index (χ0) is 12.9. The summed E-state index contributed by atoms with van der Waals surface area (Å²) in [5, 5.41) is 9.21. The molecule has 1 aromatic carbocycles. The second-order valence-corrected chi connectivity index (χ2v) is 5.04. The summed E-state index contributed by atoms with van der Waals surface area (Å²) in [6.07, 6.45) is 0.324. The Morgan fingerprint density at radius 1 is 1.35 bits per heavy atom. The number of benzene rings is 1. The van der Waals surface area contributed by atoms with Gasteiger partial charge in [0.2, 0.25) is 0 Å². The zero-order valence-electron chi connectivity index (χ0n) is 9.50. The van der Waals surface area contributed by atoms with Crippen molar-refractivity contribution < 1.29 is 18.3 Å². The molecule has 0 heterocycles. The number of aliphatic hydroxyl groups is 1. The summed E-state index contributed by atoms with van der Waals surface area (Å²) in [6.45, 7) is 1.80. The highest BCUT2D eigenvalue weighted by Crippen LogP contribution is 2.32. The second kappa shape index (κ2) is 6.31. The first-order valence-electron chi connectivity index (χ1n) is 5.30. The maximum atomic E-state index is 12.0. The van der Waals surface area contributed by atoms with Crippen molar-refractivity contribution in [1.82, 2.24) is 0 Å². The minimum Gasteiger partial charge on any atom is -0.396 e. The molecule has 0 spiro atoms. The van der Waals surface area contributed by atoms with Gasteiger partial charge in [-0.1, -0.05) is 41.6 Å². The third-order valence-corrected chi connectivity index (χ3v) is 3.23. The molecule has 0 amide bonds. The van der Waals surface area contributed by atoms with Crippen LogP contribution in [0.3, 0.4) is 0 Å². The number of hydrogen-bond acceptors (Lipinski definition) is 2. The van der Waals surface area contributed by atoms with Crippen molar-refractivity contribution >= 4 is 11.8 Å². The Labute approximate surface area is 103 Å². The highest BCUT2D eigenvalue weighted by molar-refractivity contribution is 8.00. The molecule has 0 aliphatic heterocycles. The number of hydrogen-bond donors (Lipinski definition) is 1. The van der Waals surface area contributed by atoms with Gasteiger partial charge in [0.05, 0.1) is 0 Å². The average molecular weight is 264 g/mol. The van der Waals surface area contributed by atoms with Gasteiger partial charge in [0.25, 0.3) is 0 Å². The summed E-state index contributed by atoms with van der Waals surface area (Å²) in [5.41, 5.74) is -2.24. The predicted molar refractivity (Wildman–Crippen MR) is 64.1 cm³/mol. The quantitative estimate of drug-likeness (QED) is 0.874. The molecule has 1 unspecified atom stereocenters. The molecule has 17 heavy (non-hydrogen) atoms. The fourth-order valence-corrected chi connectivity index (χ4v) is 2.24. The van der Waals surface area contributed by atoms with Gasteiger partial charge in [-0.15, -0.1) is 0 Å². The molecule has 96 valence electrons. The van der Waals surface area contributed by atoms with Crippen LogP contribution in [0.2, 0.25) is 0 Å². The molecule has 0 aromatic heterocycles. The van der Waals surface area contributed by atoms with Crippen LogP contribution >= 0.6 is 11.8 Å². The Morgan fingerprint density at radius 2 is 2.06 bits per heavy atom. The Balaban J connectivity index is 2.54.